The normalized spacial score (nSPS) is 11.8. The predicted octanol–water partition coefficient (Wildman–Crippen LogP) is 2.52. The molecule has 0 aromatic carbocycles. The van der Waals surface area contributed by atoms with Crippen LogP contribution in [0.2, 0.25) is 10.3 Å². The van der Waals surface area contributed by atoms with Gasteiger partial charge in [-0.05, 0) is 17.7 Å². The van der Waals surface area contributed by atoms with Crippen LogP contribution in [-0.2, 0) is 6.42 Å². The average molecular weight is 241 g/mol. The molecule has 0 bridgehead atoms. The summed E-state index contributed by atoms with van der Waals surface area (Å²) in [5, 5.41) is 0.195. The molecule has 2 nitrogen and oxygen atoms in total. The minimum Gasteiger partial charge on any atom is -0.325 e. The van der Waals surface area contributed by atoms with E-state index in [1.165, 1.54) is 12.1 Å². The molecule has 6 heteroatoms. The number of hydrogen-bond donors (Lipinski definition) is 1. The molecule has 0 fully saturated rings. The molecule has 0 aliphatic heterocycles. The Labute approximate surface area is 90.0 Å². The largest absolute Gasteiger partial charge is 0.325 e. The van der Waals surface area contributed by atoms with Gasteiger partial charge in [-0.3, -0.25) is 0 Å². The van der Waals surface area contributed by atoms with Crippen LogP contribution in [0.3, 0.4) is 0 Å². The van der Waals surface area contributed by atoms with Gasteiger partial charge in [-0.15, -0.1) is 0 Å². The fourth-order valence-electron chi connectivity index (χ4n) is 0.987. The van der Waals surface area contributed by atoms with Crippen molar-refractivity contribution in [2.45, 2.75) is 12.3 Å². The van der Waals surface area contributed by atoms with E-state index in [1.807, 2.05) is 0 Å². The first-order chi connectivity index (χ1) is 6.43. The van der Waals surface area contributed by atoms with Gasteiger partial charge in [-0.1, -0.05) is 23.2 Å². The second-order valence-electron chi connectivity index (χ2n) is 2.86. The lowest BCUT2D eigenvalue weighted by Gasteiger charge is -2.13. The maximum atomic E-state index is 12.9. The molecule has 2 N–H and O–H groups in total. The summed E-state index contributed by atoms with van der Waals surface area (Å²) in [6.45, 7) is -0.704. The van der Waals surface area contributed by atoms with E-state index in [4.69, 9.17) is 28.9 Å². The zero-order valence-corrected chi connectivity index (χ0v) is 8.62. The summed E-state index contributed by atoms with van der Waals surface area (Å²) in [5.74, 6) is -2.94. The second kappa shape index (κ2) is 4.38. The van der Waals surface area contributed by atoms with Gasteiger partial charge >= 0.3 is 0 Å². The lowest BCUT2D eigenvalue weighted by molar-refractivity contribution is 0.0115. The zero-order valence-electron chi connectivity index (χ0n) is 7.11. The minimum atomic E-state index is -2.94. The van der Waals surface area contributed by atoms with Gasteiger partial charge in [0, 0.05) is 6.42 Å². The van der Waals surface area contributed by atoms with Gasteiger partial charge in [0.15, 0.2) is 0 Å². The molecule has 78 valence electrons. The summed E-state index contributed by atoms with van der Waals surface area (Å²) in [4.78, 5) is 3.64. The Morgan fingerprint density at radius 1 is 1.29 bits per heavy atom. The third kappa shape index (κ3) is 3.36. The van der Waals surface area contributed by atoms with Crippen LogP contribution in [0, 0.1) is 0 Å². The van der Waals surface area contributed by atoms with Crippen LogP contribution in [0.5, 0.6) is 0 Å². The quantitative estimate of drug-likeness (QED) is 0.826. The van der Waals surface area contributed by atoms with Crippen LogP contribution in [-0.4, -0.2) is 17.5 Å². The highest BCUT2D eigenvalue weighted by atomic mass is 35.5. The van der Waals surface area contributed by atoms with E-state index in [9.17, 15) is 8.78 Å². The zero-order chi connectivity index (χ0) is 10.8. The van der Waals surface area contributed by atoms with Gasteiger partial charge in [0.25, 0.3) is 5.92 Å². The van der Waals surface area contributed by atoms with Crippen molar-refractivity contribution in [2.24, 2.45) is 5.73 Å². The molecule has 1 heterocycles. The van der Waals surface area contributed by atoms with E-state index in [2.05, 4.69) is 4.98 Å². The molecule has 14 heavy (non-hydrogen) atoms. The van der Waals surface area contributed by atoms with Crippen LogP contribution in [0.1, 0.15) is 5.56 Å². The summed E-state index contributed by atoms with van der Waals surface area (Å²) in [6, 6.07) is 2.69. The number of nitrogens with zero attached hydrogens (tertiary/aromatic N) is 1. The Balaban J connectivity index is 2.87. The van der Waals surface area contributed by atoms with Crippen molar-refractivity contribution >= 4 is 23.2 Å². The Hall–Kier alpha value is -0.450. The van der Waals surface area contributed by atoms with E-state index in [0.717, 1.165) is 0 Å². The molecule has 1 aromatic heterocycles. The van der Waals surface area contributed by atoms with Crippen molar-refractivity contribution in [3.63, 3.8) is 0 Å². The molecule has 1 aromatic rings. The third-order valence-corrected chi connectivity index (χ3v) is 1.97. The molecule has 0 saturated carbocycles. The topological polar surface area (TPSA) is 38.9 Å². The highest BCUT2D eigenvalue weighted by Crippen LogP contribution is 2.22. The molecule has 0 saturated heterocycles. The first kappa shape index (κ1) is 11.6. The third-order valence-electron chi connectivity index (χ3n) is 1.58. The number of aromatic nitrogens is 1. The number of alkyl halides is 2. The maximum Gasteiger partial charge on any atom is 0.264 e. The number of rotatable bonds is 3. The Kier molecular flexibility index (Phi) is 3.64. The van der Waals surface area contributed by atoms with E-state index in [-0.39, 0.29) is 10.3 Å². The van der Waals surface area contributed by atoms with Crippen LogP contribution >= 0.6 is 23.2 Å². The minimum absolute atomic E-state index is 0.0975. The number of halogens is 4. The fraction of sp³-hybridized carbons (Fsp3) is 0.375. The molecular weight excluding hydrogens is 233 g/mol. The molecule has 0 amide bonds. The van der Waals surface area contributed by atoms with Gasteiger partial charge in [-0.25, -0.2) is 13.8 Å². The van der Waals surface area contributed by atoms with E-state index < -0.39 is 18.9 Å². The van der Waals surface area contributed by atoms with Crippen LogP contribution < -0.4 is 5.73 Å². The summed E-state index contributed by atoms with van der Waals surface area (Å²) < 4.78 is 25.7. The summed E-state index contributed by atoms with van der Waals surface area (Å²) in [7, 11) is 0. The fourth-order valence-corrected chi connectivity index (χ4v) is 1.49. The molecule has 0 aliphatic rings. The molecule has 0 aliphatic carbocycles. The number of pyridine rings is 1. The van der Waals surface area contributed by atoms with Crippen molar-refractivity contribution < 1.29 is 8.78 Å². The van der Waals surface area contributed by atoms with Gasteiger partial charge < -0.3 is 5.73 Å². The number of hydrogen-bond acceptors (Lipinski definition) is 2. The highest BCUT2D eigenvalue weighted by Gasteiger charge is 2.27. The van der Waals surface area contributed by atoms with Gasteiger partial charge in [0.2, 0.25) is 0 Å². The Morgan fingerprint density at radius 3 is 2.21 bits per heavy atom. The molecule has 0 radical (unpaired) electrons. The number of nitrogens with two attached hydrogens (primary N) is 1. The van der Waals surface area contributed by atoms with Crippen molar-refractivity contribution in [1.29, 1.82) is 0 Å². The van der Waals surface area contributed by atoms with Crippen LogP contribution in [0.4, 0.5) is 8.78 Å². The van der Waals surface area contributed by atoms with Crippen molar-refractivity contribution in [3.05, 3.63) is 28.0 Å². The monoisotopic (exact) mass is 240 g/mol. The first-order valence-corrected chi connectivity index (χ1v) is 4.58. The second-order valence-corrected chi connectivity index (χ2v) is 3.63. The SMILES string of the molecule is NCC(F)(F)Cc1cc(Cl)nc(Cl)c1. The Bertz CT molecular complexity index is 311. The standard InChI is InChI=1S/C8H8Cl2F2N2/c9-6-1-5(2-7(10)14-6)3-8(11,12)4-13/h1-2H,3-4,13H2. The lowest BCUT2D eigenvalue weighted by atomic mass is 10.1. The molecule has 0 unspecified atom stereocenters. The molecule has 0 atom stereocenters. The Morgan fingerprint density at radius 2 is 1.79 bits per heavy atom. The van der Waals surface area contributed by atoms with E-state index in [0.29, 0.717) is 5.56 Å². The van der Waals surface area contributed by atoms with Crippen molar-refractivity contribution in [3.8, 4) is 0 Å². The molecule has 1 rings (SSSR count). The highest BCUT2D eigenvalue weighted by molar-refractivity contribution is 6.32. The van der Waals surface area contributed by atoms with Crippen molar-refractivity contribution in [2.75, 3.05) is 6.54 Å². The van der Waals surface area contributed by atoms with Gasteiger partial charge in [0.1, 0.15) is 10.3 Å². The van der Waals surface area contributed by atoms with E-state index in [1.54, 1.807) is 0 Å². The van der Waals surface area contributed by atoms with Crippen molar-refractivity contribution in [1.82, 2.24) is 4.98 Å². The molecule has 0 spiro atoms. The first-order valence-electron chi connectivity index (χ1n) is 3.83. The average Bonchev–Trinajstić information content (AvgIpc) is 2.01. The maximum absolute atomic E-state index is 12.9. The van der Waals surface area contributed by atoms with Crippen LogP contribution in [0.15, 0.2) is 12.1 Å². The summed E-state index contributed by atoms with van der Waals surface area (Å²) >= 11 is 11.1. The van der Waals surface area contributed by atoms with Gasteiger partial charge in [0.05, 0.1) is 6.54 Å². The summed E-state index contributed by atoms with van der Waals surface area (Å²) in [6.07, 6.45) is -0.481. The van der Waals surface area contributed by atoms with Gasteiger partial charge in [-0.2, -0.15) is 0 Å². The smallest absolute Gasteiger partial charge is 0.264 e. The summed E-state index contributed by atoms with van der Waals surface area (Å²) in [5.41, 5.74) is 5.22. The lowest BCUT2D eigenvalue weighted by Crippen LogP contribution is -2.30. The molecular formula is C8H8Cl2F2N2. The predicted molar refractivity (Wildman–Crippen MR) is 52.0 cm³/mol. The van der Waals surface area contributed by atoms with Crippen LogP contribution in [0.25, 0.3) is 0 Å². The van der Waals surface area contributed by atoms with E-state index >= 15 is 0 Å².